The van der Waals surface area contributed by atoms with Gasteiger partial charge in [0.25, 0.3) is 0 Å². The number of hydrogen-bond donors (Lipinski definition) is 1. The predicted octanol–water partition coefficient (Wildman–Crippen LogP) is 2.84. The second-order valence-electron chi connectivity index (χ2n) is 6.19. The van der Waals surface area contributed by atoms with E-state index in [1.54, 1.807) is 5.06 Å². The molecule has 1 amide bonds. The molecule has 21 heavy (non-hydrogen) atoms. The van der Waals surface area contributed by atoms with Crippen LogP contribution in [0.15, 0.2) is 18.2 Å². The van der Waals surface area contributed by atoms with Crippen molar-refractivity contribution in [3.63, 3.8) is 0 Å². The zero-order valence-electron chi connectivity index (χ0n) is 11.9. The Morgan fingerprint density at radius 3 is 2.76 bits per heavy atom. The van der Waals surface area contributed by atoms with Crippen molar-refractivity contribution < 1.29 is 18.4 Å². The number of halogens is 2. The Bertz CT molecular complexity index is 563. The lowest BCUT2D eigenvalue weighted by atomic mass is 9.78. The minimum Gasteiger partial charge on any atom is -0.349 e. The van der Waals surface area contributed by atoms with Crippen molar-refractivity contribution in [3.8, 4) is 0 Å². The van der Waals surface area contributed by atoms with E-state index in [0.29, 0.717) is 31.1 Å². The molecule has 1 aromatic carbocycles. The first-order valence-corrected chi connectivity index (χ1v) is 7.11. The summed E-state index contributed by atoms with van der Waals surface area (Å²) in [7, 11) is 0. The molecule has 6 heteroatoms. The molecule has 1 saturated carbocycles. The number of nitrogens with zero attached hydrogens (tertiary/aromatic N) is 1. The number of hydrogen-bond acceptors (Lipinski definition) is 3. The van der Waals surface area contributed by atoms with E-state index in [9.17, 15) is 13.6 Å². The van der Waals surface area contributed by atoms with Crippen LogP contribution in [-0.2, 0) is 11.3 Å². The maximum Gasteiger partial charge on any atom is 0.427 e. The second kappa shape index (κ2) is 5.26. The predicted molar refractivity (Wildman–Crippen MR) is 72.1 cm³/mol. The molecule has 114 valence electrons. The molecule has 1 N–H and O–H groups in total. The quantitative estimate of drug-likeness (QED) is 0.908. The van der Waals surface area contributed by atoms with Crippen molar-refractivity contribution in [2.45, 2.75) is 26.2 Å². The fourth-order valence-electron chi connectivity index (χ4n) is 3.04. The molecule has 2 aliphatic rings. The fourth-order valence-corrected chi connectivity index (χ4v) is 3.04. The summed E-state index contributed by atoms with van der Waals surface area (Å²) in [5.74, 6) is -0.610. The highest BCUT2D eigenvalue weighted by molar-refractivity contribution is 5.68. The van der Waals surface area contributed by atoms with Gasteiger partial charge in [0.05, 0.1) is 0 Å². The summed E-state index contributed by atoms with van der Waals surface area (Å²) in [6.45, 7) is 2.94. The molecule has 4 nitrogen and oxygen atoms in total. The summed E-state index contributed by atoms with van der Waals surface area (Å²) in [5, 5.41) is 4.15. The molecule has 1 heterocycles. The summed E-state index contributed by atoms with van der Waals surface area (Å²) < 4.78 is 26.9. The molecule has 3 rings (SSSR count). The summed E-state index contributed by atoms with van der Waals surface area (Å²) in [6, 6.07) is 3.70. The van der Waals surface area contributed by atoms with Crippen LogP contribution in [0, 0.1) is 23.0 Å². The Labute approximate surface area is 122 Å². The summed E-state index contributed by atoms with van der Waals surface area (Å²) >= 11 is 0. The Balaban J connectivity index is 1.75. The van der Waals surface area contributed by atoms with Crippen LogP contribution in [0.3, 0.4) is 0 Å². The van der Waals surface area contributed by atoms with Gasteiger partial charge in [-0.15, -0.1) is 5.06 Å². The molecule has 0 radical (unpaired) electrons. The molecule has 1 unspecified atom stereocenters. The molecule has 1 aliphatic heterocycles. The third-order valence-corrected chi connectivity index (χ3v) is 4.32. The highest BCUT2D eigenvalue weighted by atomic mass is 19.1. The number of carbonyl (C=O) groups is 1. The van der Waals surface area contributed by atoms with E-state index in [4.69, 9.17) is 4.84 Å². The number of nitrogens with one attached hydrogen (secondary N) is 1. The maximum absolute atomic E-state index is 13.9. The molecule has 1 atom stereocenters. The Morgan fingerprint density at radius 1 is 1.43 bits per heavy atom. The molecule has 0 bridgehead atoms. The zero-order valence-corrected chi connectivity index (χ0v) is 11.9. The van der Waals surface area contributed by atoms with Crippen molar-refractivity contribution in [3.05, 3.63) is 35.4 Å². The topological polar surface area (TPSA) is 41.6 Å². The molecule has 1 aliphatic carbocycles. The van der Waals surface area contributed by atoms with Crippen molar-refractivity contribution in [1.82, 2.24) is 10.4 Å². The van der Waals surface area contributed by atoms with E-state index in [0.717, 1.165) is 18.9 Å². The van der Waals surface area contributed by atoms with Gasteiger partial charge in [0.15, 0.2) is 0 Å². The van der Waals surface area contributed by atoms with E-state index in [-0.39, 0.29) is 5.41 Å². The molecule has 1 saturated heterocycles. The first kappa shape index (κ1) is 14.3. The average molecular weight is 296 g/mol. The largest absolute Gasteiger partial charge is 0.427 e. The van der Waals surface area contributed by atoms with Crippen LogP contribution in [0.25, 0.3) is 0 Å². The number of benzene rings is 1. The lowest BCUT2D eigenvalue weighted by molar-refractivity contribution is -0.0904. The summed E-state index contributed by atoms with van der Waals surface area (Å²) in [5.41, 5.74) is 0.301. The average Bonchev–Trinajstić information content (AvgIpc) is 3.19. The SMILES string of the molecule is CC(Cc1ccc(F)cc1F)(CN1CNC(=O)O1)C1CC1. The minimum atomic E-state index is -0.568. The molecular weight excluding hydrogens is 278 g/mol. The van der Waals surface area contributed by atoms with Crippen molar-refractivity contribution >= 4 is 6.09 Å². The van der Waals surface area contributed by atoms with Crippen LogP contribution in [-0.4, -0.2) is 24.4 Å². The van der Waals surface area contributed by atoms with Gasteiger partial charge in [0.1, 0.15) is 18.3 Å². The zero-order chi connectivity index (χ0) is 15.0. The van der Waals surface area contributed by atoms with Gasteiger partial charge in [-0.2, -0.15) is 0 Å². The van der Waals surface area contributed by atoms with Gasteiger partial charge in [-0.3, -0.25) is 0 Å². The smallest absolute Gasteiger partial charge is 0.349 e. The van der Waals surface area contributed by atoms with Gasteiger partial charge in [0, 0.05) is 12.6 Å². The van der Waals surface area contributed by atoms with Crippen LogP contribution in [0.4, 0.5) is 13.6 Å². The highest BCUT2D eigenvalue weighted by Gasteiger charge is 2.44. The van der Waals surface area contributed by atoms with Crippen LogP contribution in [0.1, 0.15) is 25.3 Å². The number of carbonyl (C=O) groups excluding carboxylic acids is 1. The standard InChI is InChI=1S/C15H18F2N2O2/c1-15(11-3-4-11,8-19-9-18-14(20)21-19)7-10-2-5-12(16)6-13(10)17/h2,5-6,11H,3-4,7-9H2,1H3,(H,18,20). The lowest BCUT2D eigenvalue weighted by Gasteiger charge is -2.32. The Kier molecular flexibility index (Phi) is 3.57. The van der Waals surface area contributed by atoms with Crippen LogP contribution in [0.2, 0.25) is 0 Å². The van der Waals surface area contributed by atoms with Crippen LogP contribution < -0.4 is 5.32 Å². The van der Waals surface area contributed by atoms with Gasteiger partial charge in [0.2, 0.25) is 0 Å². The number of amides is 1. The van der Waals surface area contributed by atoms with Gasteiger partial charge >= 0.3 is 6.09 Å². The van der Waals surface area contributed by atoms with Gasteiger partial charge in [-0.05, 0) is 42.2 Å². The van der Waals surface area contributed by atoms with Crippen LogP contribution in [0.5, 0.6) is 0 Å². The summed E-state index contributed by atoms with van der Waals surface area (Å²) in [6.07, 6.45) is 2.22. The minimum absolute atomic E-state index is 0.203. The van der Waals surface area contributed by atoms with Gasteiger partial charge in [-0.25, -0.2) is 13.6 Å². The molecular formula is C15H18F2N2O2. The van der Waals surface area contributed by atoms with Crippen LogP contribution >= 0.6 is 0 Å². The van der Waals surface area contributed by atoms with Crippen molar-refractivity contribution in [2.24, 2.45) is 11.3 Å². The van der Waals surface area contributed by atoms with Crippen molar-refractivity contribution in [1.29, 1.82) is 0 Å². The molecule has 2 fully saturated rings. The van der Waals surface area contributed by atoms with E-state index < -0.39 is 17.7 Å². The third-order valence-electron chi connectivity index (χ3n) is 4.32. The maximum atomic E-state index is 13.9. The van der Waals surface area contributed by atoms with Gasteiger partial charge < -0.3 is 10.2 Å². The molecule has 1 aromatic rings. The molecule has 0 aromatic heterocycles. The van der Waals surface area contributed by atoms with E-state index in [2.05, 4.69) is 12.2 Å². The third kappa shape index (κ3) is 3.15. The number of hydroxylamine groups is 2. The second-order valence-corrected chi connectivity index (χ2v) is 6.19. The van der Waals surface area contributed by atoms with E-state index in [1.807, 2.05) is 0 Å². The Morgan fingerprint density at radius 2 is 2.19 bits per heavy atom. The fraction of sp³-hybridized carbons (Fsp3) is 0.533. The summed E-state index contributed by atoms with van der Waals surface area (Å²) in [4.78, 5) is 16.1. The normalized spacial score (nSPS) is 21.8. The lowest BCUT2D eigenvalue weighted by Crippen LogP contribution is -2.38. The van der Waals surface area contributed by atoms with E-state index in [1.165, 1.54) is 12.1 Å². The number of rotatable bonds is 5. The highest BCUT2D eigenvalue weighted by Crippen LogP contribution is 2.48. The molecule has 0 spiro atoms. The van der Waals surface area contributed by atoms with E-state index >= 15 is 0 Å². The first-order valence-electron chi connectivity index (χ1n) is 7.11. The monoisotopic (exact) mass is 296 g/mol. The Hall–Kier alpha value is -1.69. The van der Waals surface area contributed by atoms with Crippen molar-refractivity contribution in [2.75, 3.05) is 13.2 Å². The first-order chi connectivity index (χ1) is 9.96. The van der Waals surface area contributed by atoms with Gasteiger partial charge in [-0.1, -0.05) is 13.0 Å².